The van der Waals surface area contributed by atoms with Crippen LogP contribution in [0.2, 0.25) is 0 Å². The van der Waals surface area contributed by atoms with Crippen molar-refractivity contribution in [2.75, 3.05) is 23.7 Å². The predicted octanol–water partition coefficient (Wildman–Crippen LogP) is 2.29. The molecule has 0 saturated carbocycles. The number of pyridine rings is 1. The molecule has 2 heterocycles. The molecule has 0 aliphatic heterocycles. The van der Waals surface area contributed by atoms with E-state index in [0.717, 1.165) is 5.69 Å². The van der Waals surface area contributed by atoms with Crippen LogP contribution in [0.1, 0.15) is 5.56 Å². The summed E-state index contributed by atoms with van der Waals surface area (Å²) in [6.45, 7) is 0.521. The summed E-state index contributed by atoms with van der Waals surface area (Å²) in [5, 5.41) is 14.1. The Morgan fingerprint density at radius 1 is 0.929 bits per heavy atom. The van der Waals surface area contributed by atoms with Crippen LogP contribution in [-0.2, 0) is 15.8 Å². The van der Waals surface area contributed by atoms with Crippen LogP contribution in [0, 0.1) is 5.82 Å². The van der Waals surface area contributed by atoms with Crippen molar-refractivity contribution in [3.63, 3.8) is 0 Å². The molecule has 0 radical (unpaired) electrons. The van der Waals surface area contributed by atoms with Gasteiger partial charge in [0.05, 0.1) is 17.6 Å². The van der Waals surface area contributed by atoms with E-state index in [4.69, 9.17) is 0 Å². The summed E-state index contributed by atoms with van der Waals surface area (Å²) in [5.41, 5.74) is 1.32. The molecule has 0 amide bonds. The molecule has 0 aliphatic rings. The molecular weight excluding hydrogens is 383 g/mol. The average Bonchev–Trinajstić information content (AvgIpc) is 2.69. The number of sulfonamides is 1. The fraction of sp³-hybridized carbons (Fsp3) is 0.167. The molecule has 1 aromatic carbocycles. The lowest BCUT2D eigenvalue weighted by Crippen LogP contribution is -2.30. The molecule has 0 atom stereocenters. The molecule has 2 aromatic heterocycles. The highest BCUT2D eigenvalue weighted by molar-refractivity contribution is 7.88. The van der Waals surface area contributed by atoms with Crippen LogP contribution in [-0.4, -0.2) is 36.7 Å². The molecule has 28 heavy (non-hydrogen) atoms. The van der Waals surface area contributed by atoms with Gasteiger partial charge in [-0.15, -0.1) is 10.2 Å². The van der Waals surface area contributed by atoms with E-state index in [2.05, 4.69) is 30.5 Å². The lowest BCUT2D eigenvalue weighted by atomic mass is 10.2. The highest BCUT2D eigenvalue weighted by Crippen LogP contribution is 2.13. The fourth-order valence-corrected chi connectivity index (χ4v) is 3.47. The van der Waals surface area contributed by atoms with Gasteiger partial charge in [0.15, 0.2) is 5.82 Å². The number of benzene rings is 1. The monoisotopic (exact) mass is 402 g/mol. The van der Waals surface area contributed by atoms with Gasteiger partial charge in [0.2, 0.25) is 10.0 Å². The second-order valence-corrected chi connectivity index (χ2v) is 7.68. The van der Waals surface area contributed by atoms with Gasteiger partial charge in [0.1, 0.15) is 11.6 Å². The van der Waals surface area contributed by atoms with Gasteiger partial charge in [-0.2, -0.15) is 0 Å². The Hall–Kier alpha value is -3.11. The zero-order chi connectivity index (χ0) is 19.8. The highest BCUT2D eigenvalue weighted by atomic mass is 32.2. The molecule has 10 heteroatoms. The minimum absolute atomic E-state index is 0.181. The Kier molecular flexibility index (Phi) is 6.45. The van der Waals surface area contributed by atoms with Crippen LogP contribution in [0.25, 0.3) is 0 Å². The van der Waals surface area contributed by atoms with Crippen molar-refractivity contribution in [1.29, 1.82) is 0 Å². The maximum Gasteiger partial charge on any atom is 0.215 e. The molecule has 0 saturated heterocycles. The van der Waals surface area contributed by atoms with E-state index in [1.54, 1.807) is 24.5 Å². The quantitative estimate of drug-likeness (QED) is 0.471. The first-order valence-corrected chi connectivity index (χ1v) is 10.1. The largest absolute Gasteiger partial charge is 0.367 e. The van der Waals surface area contributed by atoms with E-state index in [1.807, 2.05) is 12.1 Å². The van der Waals surface area contributed by atoms with E-state index in [1.165, 1.54) is 24.3 Å². The van der Waals surface area contributed by atoms with E-state index in [9.17, 15) is 12.8 Å². The first-order valence-electron chi connectivity index (χ1n) is 8.47. The smallest absolute Gasteiger partial charge is 0.215 e. The van der Waals surface area contributed by atoms with Gasteiger partial charge >= 0.3 is 0 Å². The number of hydrogen-bond donors (Lipinski definition) is 3. The molecule has 3 N–H and O–H groups in total. The van der Waals surface area contributed by atoms with E-state index < -0.39 is 15.8 Å². The highest BCUT2D eigenvalue weighted by Gasteiger charge is 2.11. The second-order valence-electron chi connectivity index (χ2n) is 5.88. The number of halogens is 1. The normalized spacial score (nSPS) is 11.2. The third-order valence-electron chi connectivity index (χ3n) is 3.62. The molecule has 3 rings (SSSR count). The van der Waals surface area contributed by atoms with E-state index in [-0.39, 0.29) is 12.3 Å². The summed E-state index contributed by atoms with van der Waals surface area (Å²) >= 11 is 0. The van der Waals surface area contributed by atoms with Crippen LogP contribution in [0.5, 0.6) is 0 Å². The second kappa shape index (κ2) is 9.20. The third kappa shape index (κ3) is 6.25. The maximum absolute atomic E-state index is 12.9. The van der Waals surface area contributed by atoms with Crippen molar-refractivity contribution < 1.29 is 12.8 Å². The minimum atomic E-state index is -3.51. The zero-order valence-electron chi connectivity index (χ0n) is 14.8. The molecule has 3 aromatic rings. The topological polar surface area (TPSA) is 109 Å². The van der Waals surface area contributed by atoms with Crippen LogP contribution in [0.3, 0.4) is 0 Å². The first-order chi connectivity index (χ1) is 13.5. The Labute approximate surface area is 162 Å². The zero-order valence-corrected chi connectivity index (χ0v) is 15.7. The predicted molar refractivity (Wildman–Crippen MR) is 105 cm³/mol. The van der Waals surface area contributed by atoms with Crippen LogP contribution < -0.4 is 15.4 Å². The third-order valence-corrected chi connectivity index (χ3v) is 4.98. The standard InChI is InChI=1S/C18H19FN6O2S/c19-15-5-3-14(4-6-15)13-28(26,27)22-11-10-21-17-7-8-18(25-24-17)23-16-2-1-9-20-12-16/h1-9,12,22H,10-11,13H2,(H,21,24)(H,23,25). The average molecular weight is 402 g/mol. The van der Waals surface area contributed by atoms with Crippen molar-refractivity contribution in [2.45, 2.75) is 5.75 Å². The molecule has 0 fully saturated rings. The van der Waals surface area contributed by atoms with Crippen LogP contribution in [0.4, 0.5) is 21.7 Å². The number of anilines is 3. The molecule has 0 bridgehead atoms. The van der Waals surface area contributed by atoms with Crippen LogP contribution >= 0.6 is 0 Å². The number of rotatable bonds is 9. The Balaban J connectivity index is 1.42. The van der Waals surface area contributed by atoms with Gasteiger partial charge in [-0.3, -0.25) is 4.98 Å². The molecular formula is C18H19FN6O2S. The molecule has 0 unspecified atom stereocenters. The van der Waals surface area contributed by atoms with Crippen molar-refractivity contribution in [1.82, 2.24) is 19.9 Å². The lowest BCUT2D eigenvalue weighted by Gasteiger charge is -2.09. The summed E-state index contributed by atoms with van der Waals surface area (Å²) in [5.74, 6) is 0.482. The number of nitrogens with one attached hydrogen (secondary N) is 3. The molecule has 0 aliphatic carbocycles. The van der Waals surface area contributed by atoms with Crippen molar-refractivity contribution in [2.24, 2.45) is 0 Å². The SMILES string of the molecule is O=S(=O)(Cc1ccc(F)cc1)NCCNc1ccc(Nc2cccnc2)nn1. The summed E-state index contributed by atoms with van der Waals surface area (Å²) in [7, 11) is -3.51. The number of aromatic nitrogens is 3. The minimum Gasteiger partial charge on any atom is -0.367 e. The Bertz CT molecular complexity index is 983. The summed E-state index contributed by atoms with van der Waals surface area (Å²) < 4.78 is 39.4. The van der Waals surface area contributed by atoms with Crippen molar-refractivity contribution >= 4 is 27.3 Å². The number of hydrogen-bond acceptors (Lipinski definition) is 7. The molecule has 0 spiro atoms. The fourth-order valence-electron chi connectivity index (χ4n) is 2.33. The summed E-state index contributed by atoms with van der Waals surface area (Å²) in [4.78, 5) is 4.00. The van der Waals surface area contributed by atoms with Gasteiger partial charge < -0.3 is 10.6 Å². The van der Waals surface area contributed by atoms with E-state index >= 15 is 0 Å². The van der Waals surface area contributed by atoms with Gasteiger partial charge in [-0.05, 0) is 42.0 Å². The van der Waals surface area contributed by atoms with E-state index in [0.29, 0.717) is 23.7 Å². The first kappa shape index (κ1) is 19.6. The van der Waals surface area contributed by atoms with Gasteiger partial charge in [0.25, 0.3) is 0 Å². The Morgan fingerprint density at radius 2 is 1.68 bits per heavy atom. The summed E-state index contributed by atoms with van der Waals surface area (Å²) in [6, 6.07) is 12.5. The van der Waals surface area contributed by atoms with Crippen LogP contribution in [0.15, 0.2) is 60.9 Å². The Morgan fingerprint density at radius 3 is 2.36 bits per heavy atom. The van der Waals surface area contributed by atoms with Crippen molar-refractivity contribution in [3.05, 3.63) is 72.3 Å². The van der Waals surface area contributed by atoms with Gasteiger partial charge in [0, 0.05) is 19.3 Å². The van der Waals surface area contributed by atoms with Crippen molar-refractivity contribution in [3.8, 4) is 0 Å². The molecule has 146 valence electrons. The maximum atomic E-state index is 12.9. The van der Waals surface area contributed by atoms with Gasteiger partial charge in [-0.25, -0.2) is 17.5 Å². The van der Waals surface area contributed by atoms with Gasteiger partial charge in [-0.1, -0.05) is 12.1 Å². The molecule has 8 nitrogen and oxygen atoms in total. The summed E-state index contributed by atoms with van der Waals surface area (Å²) in [6.07, 6.45) is 3.35. The number of nitrogens with zero attached hydrogens (tertiary/aromatic N) is 3. The lowest BCUT2D eigenvalue weighted by molar-refractivity contribution is 0.581.